The Morgan fingerprint density at radius 1 is 1.33 bits per heavy atom. The van der Waals surface area contributed by atoms with Crippen molar-refractivity contribution in [2.24, 2.45) is 0 Å². The average Bonchev–Trinajstić information content (AvgIpc) is 2.53. The predicted octanol–water partition coefficient (Wildman–Crippen LogP) is 2.32. The van der Waals surface area contributed by atoms with Crippen molar-refractivity contribution in [2.45, 2.75) is 13.5 Å². The number of rotatable bonds is 5. The smallest absolute Gasteiger partial charge is 0.251 e. The van der Waals surface area contributed by atoms with Crippen LogP contribution in [0.25, 0.3) is 0 Å². The zero-order chi connectivity index (χ0) is 15.1. The van der Waals surface area contributed by atoms with E-state index in [0.29, 0.717) is 30.0 Å². The molecule has 2 rings (SSSR count). The van der Waals surface area contributed by atoms with Crippen LogP contribution in [0.1, 0.15) is 28.4 Å². The minimum atomic E-state index is -0.0797. The van der Waals surface area contributed by atoms with Crippen LogP contribution in [0.5, 0.6) is 0 Å². The lowest BCUT2D eigenvalue weighted by atomic mass is 10.1. The van der Waals surface area contributed by atoms with Gasteiger partial charge in [0.1, 0.15) is 5.82 Å². The summed E-state index contributed by atoms with van der Waals surface area (Å²) in [5, 5.41) is 14.8. The van der Waals surface area contributed by atoms with Gasteiger partial charge >= 0.3 is 0 Å². The van der Waals surface area contributed by atoms with E-state index in [4.69, 9.17) is 5.26 Å². The van der Waals surface area contributed by atoms with E-state index in [0.717, 1.165) is 5.56 Å². The standard InChI is InChI=1S/C16H16N4O/c1-2-18-16(21)14-5-3-4-13(8-14)11-20-15-9-12(10-17)6-7-19-15/h3-9H,2,11H2,1H3,(H,18,21)(H,19,20). The molecule has 0 saturated carbocycles. The molecule has 0 saturated heterocycles. The molecule has 0 aliphatic carbocycles. The van der Waals surface area contributed by atoms with E-state index in [1.165, 1.54) is 0 Å². The highest BCUT2D eigenvalue weighted by Gasteiger charge is 2.04. The van der Waals surface area contributed by atoms with Gasteiger partial charge in [0.05, 0.1) is 11.6 Å². The molecular weight excluding hydrogens is 264 g/mol. The van der Waals surface area contributed by atoms with Crippen molar-refractivity contribution in [2.75, 3.05) is 11.9 Å². The molecule has 5 nitrogen and oxygen atoms in total. The highest BCUT2D eigenvalue weighted by Crippen LogP contribution is 2.10. The first-order valence-corrected chi connectivity index (χ1v) is 6.70. The molecule has 1 aromatic carbocycles. The average molecular weight is 280 g/mol. The Morgan fingerprint density at radius 3 is 2.95 bits per heavy atom. The fourth-order valence-electron chi connectivity index (χ4n) is 1.87. The number of pyridine rings is 1. The van der Waals surface area contributed by atoms with Crippen molar-refractivity contribution in [3.05, 3.63) is 59.3 Å². The van der Waals surface area contributed by atoms with Gasteiger partial charge in [0.15, 0.2) is 0 Å². The summed E-state index contributed by atoms with van der Waals surface area (Å²) < 4.78 is 0. The second-order valence-electron chi connectivity index (χ2n) is 4.45. The topological polar surface area (TPSA) is 77.8 Å². The van der Waals surface area contributed by atoms with Gasteiger partial charge in [-0.15, -0.1) is 0 Å². The van der Waals surface area contributed by atoms with Crippen LogP contribution in [0.4, 0.5) is 5.82 Å². The quantitative estimate of drug-likeness (QED) is 0.881. The molecular formula is C16H16N4O. The molecule has 0 aliphatic rings. The molecule has 106 valence electrons. The highest BCUT2D eigenvalue weighted by molar-refractivity contribution is 5.94. The number of amides is 1. The lowest BCUT2D eigenvalue weighted by molar-refractivity contribution is 0.0955. The molecule has 0 aliphatic heterocycles. The van der Waals surface area contributed by atoms with E-state index in [1.807, 2.05) is 25.1 Å². The Bertz CT molecular complexity index is 676. The number of anilines is 1. The van der Waals surface area contributed by atoms with E-state index in [1.54, 1.807) is 24.4 Å². The van der Waals surface area contributed by atoms with Gasteiger partial charge in [0, 0.05) is 24.8 Å². The third kappa shape index (κ3) is 4.05. The summed E-state index contributed by atoms with van der Waals surface area (Å²) >= 11 is 0. The van der Waals surface area contributed by atoms with Crippen LogP contribution in [0, 0.1) is 11.3 Å². The second-order valence-corrected chi connectivity index (χ2v) is 4.45. The molecule has 2 aromatic rings. The fourth-order valence-corrected chi connectivity index (χ4v) is 1.87. The highest BCUT2D eigenvalue weighted by atomic mass is 16.1. The van der Waals surface area contributed by atoms with Gasteiger partial charge in [0.2, 0.25) is 0 Å². The maximum absolute atomic E-state index is 11.8. The molecule has 0 fully saturated rings. The monoisotopic (exact) mass is 280 g/mol. The van der Waals surface area contributed by atoms with Gasteiger partial charge in [-0.1, -0.05) is 12.1 Å². The van der Waals surface area contributed by atoms with Gasteiger partial charge in [-0.2, -0.15) is 5.26 Å². The molecule has 1 heterocycles. The van der Waals surface area contributed by atoms with Crippen LogP contribution < -0.4 is 10.6 Å². The zero-order valence-electron chi connectivity index (χ0n) is 11.8. The minimum absolute atomic E-state index is 0.0797. The summed E-state index contributed by atoms with van der Waals surface area (Å²) in [6.45, 7) is 3.03. The maximum Gasteiger partial charge on any atom is 0.251 e. The van der Waals surface area contributed by atoms with Gasteiger partial charge < -0.3 is 10.6 Å². The van der Waals surface area contributed by atoms with Gasteiger partial charge in [-0.3, -0.25) is 4.79 Å². The number of carbonyl (C=O) groups excluding carboxylic acids is 1. The molecule has 2 N–H and O–H groups in total. The number of nitrogens with zero attached hydrogens (tertiary/aromatic N) is 2. The Hall–Kier alpha value is -2.87. The maximum atomic E-state index is 11.8. The first-order valence-electron chi connectivity index (χ1n) is 6.70. The first-order chi connectivity index (χ1) is 10.2. The molecule has 1 aromatic heterocycles. The number of carbonyl (C=O) groups is 1. The number of hydrogen-bond acceptors (Lipinski definition) is 4. The van der Waals surface area contributed by atoms with Crippen LogP contribution >= 0.6 is 0 Å². The predicted molar refractivity (Wildman–Crippen MR) is 80.7 cm³/mol. The van der Waals surface area contributed by atoms with E-state index in [2.05, 4.69) is 21.7 Å². The van der Waals surface area contributed by atoms with Crippen LogP contribution in [-0.2, 0) is 6.54 Å². The number of hydrogen-bond donors (Lipinski definition) is 2. The van der Waals surface area contributed by atoms with E-state index >= 15 is 0 Å². The number of aromatic nitrogens is 1. The minimum Gasteiger partial charge on any atom is -0.366 e. The SMILES string of the molecule is CCNC(=O)c1cccc(CNc2cc(C#N)ccn2)c1. The fraction of sp³-hybridized carbons (Fsp3) is 0.188. The number of nitrogens with one attached hydrogen (secondary N) is 2. The summed E-state index contributed by atoms with van der Waals surface area (Å²) in [5.41, 5.74) is 2.17. The molecule has 0 bridgehead atoms. The molecule has 0 radical (unpaired) electrons. The third-order valence-electron chi connectivity index (χ3n) is 2.89. The molecule has 0 spiro atoms. The molecule has 0 atom stereocenters. The summed E-state index contributed by atoms with van der Waals surface area (Å²) in [7, 11) is 0. The van der Waals surface area contributed by atoms with Gasteiger partial charge in [-0.05, 0) is 36.8 Å². The molecule has 1 amide bonds. The molecule has 21 heavy (non-hydrogen) atoms. The van der Waals surface area contributed by atoms with Gasteiger partial charge in [0.25, 0.3) is 5.91 Å². The van der Waals surface area contributed by atoms with Crippen molar-refractivity contribution in [3.63, 3.8) is 0 Å². The Morgan fingerprint density at radius 2 is 2.19 bits per heavy atom. The van der Waals surface area contributed by atoms with Crippen LogP contribution in [0.2, 0.25) is 0 Å². The van der Waals surface area contributed by atoms with Crippen molar-refractivity contribution < 1.29 is 4.79 Å². The lowest BCUT2D eigenvalue weighted by Gasteiger charge is -2.08. The van der Waals surface area contributed by atoms with Crippen molar-refractivity contribution >= 4 is 11.7 Å². The summed E-state index contributed by atoms with van der Waals surface area (Å²) in [6, 6.07) is 12.8. The normalized spacial score (nSPS) is 9.71. The molecule has 0 unspecified atom stereocenters. The van der Waals surface area contributed by atoms with E-state index < -0.39 is 0 Å². The van der Waals surface area contributed by atoms with Gasteiger partial charge in [-0.25, -0.2) is 4.98 Å². The summed E-state index contributed by atoms with van der Waals surface area (Å²) in [4.78, 5) is 15.9. The lowest BCUT2D eigenvalue weighted by Crippen LogP contribution is -2.22. The summed E-state index contributed by atoms with van der Waals surface area (Å²) in [6.07, 6.45) is 1.59. The van der Waals surface area contributed by atoms with Crippen molar-refractivity contribution in [3.8, 4) is 6.07 Å². The van der Waals surface area contributed by atoms with Crippen LogP contribution in [-0.4, -0.2) is 17.4 Å². The zero-order valence-corrected chi connectivity index (χ0v) is 11.8. The van der Waals surface area contributed by atoms with Crippen molar-refractivity contribution in [1.82, 2.24) is 10.3 Å². The number of benzene rings is 1. The number of nitriles is 1. The Balaban J connectivity index is 2.04. The Kier molecular flexibility index (Phi) is 4.89. The molecule has 5 heteroatoms. The Labute approximate surface area is 123 Å². The van der Waals surface area contributed by atoms with E-state index in [9.17, 15) is 4.79 Å². The second kappa shape index (κ2) is 7.06. The van der Waals surface area contributed by atoms with Crippen LogP contribution in [0.15, 0.2) is 42.6 Å². The largest absolute Gasteiger partial charge is 0.366 e. The van der Waals surface area contributed by atoms with Crippen LogP contribution in [0.3, 0.4) is 0 Å². The van der Waals surface area contributed by atoms with Crippen molar-refractivity contribution in [1.29, 1.82) is 5.26 Å². The summed E-state index contributed by atoms with van der Waals surface area (Å²) in [5.74, 6) is 0.557. The van der Waals surface area contributed by atoms with E-state index in [-0.39, 0.29) is 5.91 Å². The first kappa shape index (κ1) is 14.5. The third-order valence-corrected chi connectivity index (χ3v) is 2.89.